The highest BCUT2D eigenvalue weighted by Gasteiger charge is 2.20. The van der Waals surface area contributed by atoms with Crippen LogP contribution in [0.5, 0.6) is 0 Å². The molecule has 2 atom stereocenters. The van der Waals surface area contributed by atoms with E-state index in [2.05, 4.69) is 17.4 Å². The predicted molar refractivity (Wildman–Crippen MR) is 74.5 cm³/mol. The molecule has 3 heteroatoms. The lowest BCUT2D eigenvalue weighted by atomic mass is 9.99. The van der Waals surface area contributed by atoms with Gasteiger partial charge in [-0.2, -0.15) is 0 Å². The van der Waals surface area contributed by atoms with Gasteiger partial charge >= 0.3 is 0 Å². The molecule has 0 unspecified atom stereocenters. The molecule has 0 radical (unpaired) electrons. The maximum atomic E-state index is 12.0. The van der Waals surface area contributed by atoms with Gasteiger partial charge in [-0.15, -0.1) is 0 Å². The molecule has 18 heavy (non-hydrogen) atoms. The van der Waals surface area contributed by atoms with Crippen LogP contribution in [0.1, 0.15) is 37.8 Å². The highest BCUT2D eigenvalue weighted by atomic mass is 16.2. The van der Waals surface area contributed by atoms with E-state index in [9.17, 15) is 4.79 Å². The van der Waals surface area contributed by atoms with Crippen LogP contribution in [0.25, 0.3) is 0 Å². The van der Waals surface area contributed by atoms with Crippen molar-refractivity contribution in [3.63, 3.8) is 0 Å². The number of hydrogen-bond acceptors (Lipinski definition) is 2. The lowest BCUT2D eigenvalue weighted by Crippen LogP contribution is -2.40. The van der Waals surface area contributed by atoms with Crippen LogP contribution in [0, 0.1) is 5.92 Å². The summed E-state index contributed by atoms with van der Waals surface area (Å²) in [6.45, 7) is 4.06. The van der Waals surface area contributed by atoms with Crippen molar-refractivity contribution < 1.29 is 4.79 Å². The fraction of sp³-hybridized carbons (Fsp3) is 0.533. The summed E-state index contributed by atoms with van der Waals surface area (Å²) in [6, 6.07) is 5.75. The second-order valence-corrected chi connectivity index (χ2v) is 5.24. The van der Waals surface area contributed by atoms with Gasteiger partial charge in [-0.1, -0.05) is 26.3 Å². The molecule has 1 aliphatic carbocycles. The maximum absolute atomic E-state index is 12.0. The summed E-state index contributed by atoms with van der Waals surface area (Å²) in [5.74, 6) is 0.127. The molecular formula is C15H22N2O. The Morgan fingerprint density at radius 3 is 2.83 bits per heavy atom. The van der Waals surface area contributed by atoms with E-state index >= 15 is 0 Å². The third-order valence-corrected chi connectivity index (χ3v) is 3.93. The first-order valence-electron chi connectivity index (χ1n) is 6.80. The van der Waals surface area contributed by atoms with Crippen LogP contribution in [-0.4, -0.2) is 11.9 Å². The molecule has 0 spiro atoms. The fourth-order valence-electron chi connectivity index (χ4n) is 2.39. The number of aryl methyl sites for hydroxylation is 2. The van der Waals surface area contributed by atoms with Crippen molar-refractivity contribution in [3.05, 3.63) is 29.3 Å². The molecule has 0 bridgehead atoms. The molecule has 3 nitrogen and oxygen atoms in total. The first-order valence-corrected chi connectivity index (χ1v) is 6.80. The van der Waals surface area contributed by atoms with Gasteiger partial charge in [-0.3, -0.25) is 4.79 Å². The van der Waals surface area contributed by atoms with Crippen LogP contribution in [0.3, 0.4) is 0 Å². The monoisotopic (exact) mass is 246 g/mol. The van der Waals surface area contributed by atoms with Gasteiger partial charge in [0.1, 0.15) is 0 Å². The van der Waals surface area contributed by atoms with Crippen molar-refractivity contribution in [1.29, 1.82) is 0 Å². The van der Waals surface area contributed by atoms with E-state index in [1.54, 1.807) is 0 Å². The van der Waals surface area contributed by atoms with Gasteiger partial charge in [-0.25, -0.2) is 0 Å². The van der Waals surface area contributed by atoms with E-state index in [0.717, 1.165) is 24.9 Å². The van der Waals surface area contributed by atoms with E-state index in [-0.39, 0.29) is 11.8 Å². The number of hydrogen-bond donors (Lipinski definition) is 2. The average Bonchev–Trinajstić information content (AvgIpc) is 2.84. The normalized spacial score (nSPS) is 17.1. The summed E-state index contributed by atoms with van der Waals surface area (Å²) in [7, 11) is 0. The second kappa shape index (κ2) is 5.53. The highest BCUT2D eigenvalue weighted by Crippen LogP contribution is 2.25. The molecule has 1 aromatic rings. The van der Waals surface area contributed by atoms with Gasteiger partial charge in [0.2, 0.25) is 5.91 Å². The van der Waals surface area contributed by atoms with Gasteiger partial charge in [0, 0.05) is 5.69 Å². The van der Waals surface area contributed by atoms with Crippen LogP contribution < -0.4 is 11.1 Å². The summed E-state index contributed by atoms with van der Waals surface area (Å²) < 4.78 is 0. The van der Waals surface area contributed by atoms with Crippen LogP contribution in [0.2, 0.25) is 0 Å². The number of anilines is 1. The Morgan fingerprint density at radius 2 is 2.11 bits per heavy atom. The molecule has 98 valence electrons. The minimum absolute atomic E-state index is 0.0812. The molecule has 1 aromatic carbocycles. The van der Waals surface area contributed by atoms with Gasteiger partial charge < -0.3 is 11.1 Å². The number of nitrogens with one attached hydrogen (secondary N) is 1. The van der Waals surface area contributed by atoms with E-state index in [1.165, 1.54) is 17.5 Å². The topological polar surface area (TPSA) is 55.1 Å². The summed E-state index contributed by atoms with van der Waals surface area (Å²) >= 11 is 0. The largest absolute Gasteiger partial charge is 0.325 e. The Morgan fingerprint density at radius 1 is 1.39 bits per heavy atom. The van der Waals surface area contributed by atoms with Gasteiger partial charge in [-0.05, 0) is 48.4 Å². The van der Waals surface area contributed by atoms with Crippen LogP contribution in [0.4, 0.5) is 5.69 Å². The summed E-state index contributed by atoms with van der Waals surface area (Å²) in [6.07, 6.45) is 4.42. The van der Waals surface area contributed by atoms with Crippen molar-refractivity contribution in [3.8, 4) is 0 Å². The zero-order valence-corrected chi connectivity index (χ0v) is 11.2. The molecule has 3 N–H and O–H groups in total. The Kier molecular flexibility index (Phi) is 4.02. The van der Waals surface area contributed by atoms with Gasteiger partial charge in [0.05, 0.1) is 6.04 Å². The molecule has 0 saturated heterocycles. The average molecular weight is 246 g/mol. The number of fused-ring (bicyclic) bond motifs is 1. The summed E-state index contributed by atoms with van der Waals surface area (Å²) in [4.78, 5) is 12.0. The number of carbonyl (C=O) groups is 1. The fourth-order valence-corrected chi connectivity index (χ4v) is 2.39. The summed E-state index contributed by atoms with van der Waals surface area (Å²) in [5, 5.41) is 2.92. The Balaban J connectivity index is 2.03. The molecular weight excluding hydrogens is 224 g/mol. The molecule has 1 aliphatic rings. The molecule has 0 heterocycles. The SMILES string of the molecule is CC[C@H](C)[C@H](N)C(=O)Nc1ccc2c(c1)CCC2. The first kappa shape index (κ1) is 13.1. The first-order chi connectivity index (χ1) is 8.61. The Labute approximate surface area is 109 Å². The third-order valence-electron chi connectivity index (χ3n) is 3.93. The number of carbonyl (C=O) groups excluding carboxylic acids is 1. The lowest BCUT2D eigenvalue weighted by molar-refractivity contribution is -0.118. The third kappa shape index (κ3) is 2.72. The van der Waals surface area contributed by atoms with E-state index in [1.807, 2.05) is 19.9 Å². The van der Waals surface area contributed by atoms with E-state index in [4.69, 9.17) is 5.73 Å². The minimum Gasteiger partial charge on any atom is -0.325 e. The van der Waals surface area contributed by atoms with Crippen molar-refractivity contribution in [2.24, 2.45) is 11.7 Å². The number of amides is 1. The highest BCUT2D eigenvalue weighted by molar-refractivity contribution is 5.95. The standard InChI is InChI=1S/C15H22N2O/c1-3-10(2)14(16)15(18)17-13-8-7-11-5-4-6-12(11)9-13/h7-10,14H,3-6,16H2,1-2H3,(H,17,18)/t10-,14-/m0/s1. The summed E-state index contributed by atoms with van der Waals surface area (Å²) in [5.41, 5.74) is 9.58. The zero-order valence-electron chi connectivity index (χ0n) is 11.2. The lowest BCUT2D eigenvalue weighted by Gasteiger charge is -2.18. The molecule has 0 saturated carbocycles. The molecule has 1 amide bonds. The number of benzene rings is 1. The van der Waals surface area contributed by atoms with Crippen LogP contribution >= 0.6 is 0 Å². The van der Waals surface area contributed by atoms with Crippen molar-refractivity contribution in [2.75, 3.05) is 5.32 Å². The van der Waals surface area contributed by atoms with Crippen LogP contribution in [-0.2, 0) is 17.6 Å². The maximum Gasteiger partial charge on any atom is 0.241 e. The Hall–Kier alpha value is -1.35. The minimum atomic E-state index is -0.428. The second-order valence-electron chi connectivity index (χ2n) is 5.24. The van der Waals surface area contributed by atoms with Gasteiger partial charge in [0.15, 0.2) is 0 Å². The van der Waals surface area contributed by atoms with Gasteiger partial charge in [0.25, 0.3) is 0 Å². The van der Waals surface area contributed by atoms with E-state index < -0.39 is 6.04 Å². The van der Waals surface area contributed by atoms with Crippen molar-refractivity contribution in [1.82, 2.24) is 0 Å². The van der Waals surface area contributed by atoms with Crippen LogP contribution in [0.15, 0.2) is 18.2 Å². The smallest absolute Gasteiger partial charge is 0.241 e. The molecule has 0 aliphatic heterocycles. The molecule has 0 aromatic heterocycles. The van der Waals surface area contributed by atoms with Crippen molar-refractivity contribution >= 4 is 11.6 Å². The molecule has 0 fully saturated rings. The zero-order chi connectivity index (χ0) is 13.1. The number of nitrogens with two attached hydrogens (primary N) is 1. The molecule has 2 rings (SSSR count). The Bertz CT molecular complexity index is 442. The number of rotatable bonds is 4. The van der Waals surface area contributed by atoms with Crippen molar-refractivity contribution in [2.45, 2.75) is 45.6 Å². The quantitative estimate of drug-likeness (QED) is 0.857. The predicted octanol–water partition coefficient (Wildman–Crippen LogP) is 2.49. The van der Waals surface area contributed by atoms with E-state index in [0.29, 0.717) is 0 Å².